The lowest BCUT2D eigenvalue weighted by Crippen LogP contribution is -2.32. The SMILES string of the molecule is O=C(Oc1cccc(N2C(=O)[C@@H]3[C@H]4CC[C@@H](C4)[C@@H]3C2=O)c1)[C@@H]1CC(=O)N(c2ccccc2Cl)C1. The van der Waals surface area contributed by atoms with E-state index in [-0.39, 0.29) is 48.3 Å². The molecule has 0 spiro atoms. The number of halogens is 1. The Morgan fingerprint density at radius 2 is 1.65 bits per heavy atom. The summed E-state index contributed by atoms with van der Waals surface area (Å²) in [6.07, 6.45) is 3.03. The first-order valence-corrected chi connectivity index (χ1v) is 12.0. The summed E-state index contributed by atoms with van der Waals surface area (Å²) in [4.78, 5) is 54.4. The Morgan fingerprint density at radius 3 is 2.35 bits per heavy atom. The number of nitrogens with zero attached hydrogens (tertiary/aromatic N) is 2. The molecule has 8 heteroatoms. The van der Waals surface area contributed by atoms with Crippen LogP contribution in [0.3, 0.4) is 0 Å². The van der Waals surface area contributed by atoms with Crippen LogP contribution in [0.5, 0.6) is 5.75 Å². The van der Waals surface area contributed by atoms with E-state index in [2.05, 4.69) is 0 Å². The van der Waals surface area contributed by atoms with Gasteiger partial charge >= 0.3 is 5.97 Å². The summed E-state index contributed by atoms with van der Waals surface area (Å²) in [5, 5.41) is 0.440. The number of carbonyl (C=O) groups excluding carboxylic acids is 4. The fraction of sp³-hybridized carbons (Fsp3) is 0.385. The van der Waals surface area contributed by atoms with Gasteiger partial charge < -0.3 is 9.64 Å². The summed E-state index contributed by atoms with van der Waals surface area (Å²) in [5.41, 5.74) is 0.992. The molecule has 0 aromatic heterocycles. The third kappa shape index (κ3) is 3.25. The van der Waals surface area contributed by atoms with Gasteiger partial charge in [0.25, 0.3) is 0 Å². The van der Waals surface area contributed by atoms with Crippen LogP contribution in [0.1, 0.15) is 25.7 Å². The zero-order valence-electron chi connectivity index (χ0n) is 18.4. The molecule has 4 fully saturated rings. The molecule has 5 atom stereocenters. The fourth-order valence-electron chi connectivity index (χ4n) is 6.32. The molecule has 4 aliphatic rings. The van der Waals surface area contributed by atoms with Gasteiger partial charge in [-0.3, -0.25) is 19.2 Å². The first kappa shape index (κ1) is 21.4. The molecule has 34 heavy (non-hydrogen) atoms. The third-order valence-corrected chi connectivity index (χ3v) is 8.14. The van der Waals surface area contributed by atoms with Crippen molar-refractivity contribution in [2.24, 2.45) is 29.6 Å². The molecular formula is C26H23ClN2O5. The lowest BCUT2D eigenvalue weighted by atomic mass is 9.81. The molecule has 2 aliphatic heterocycles. The van der Waals surface area contributed by atoms with Crippen molar-refractivity contribution >= 4 is 46.7 Å². The van der Waals surface area contributed by atoms with E-state index in [1.807, 2.05) is 0 Å². The second-order valence-corrected chi connectivity index (χ2v) is 10.1. The standard InChI is InChI=1S/C26H23ClN2O5/c27-19-6-1-2-7-20(19)28-13-16(11-21(28)30)26(33)34-18-5-3-4-17(12-18)29-24(31)22-14-8-9-15(10-14)23(22)25(29)32/h1-7,12,14-16,22-23H,8-11,13H2/t14-,15-,16+,22-,23+/m0/s1. The molecule has 2 aromatic rings. The Bertz CT molecular complexity index is 1200. The first-order chi connectivity index (χ1) is 16.4. The highest BCUT2D eigenvalue weighted by atomic mass is 35.5. The van der Waals surface area contributed by atoms with Crippen molar-refractivity contribution in [2.75, 3.05) is 16.3 Å². The van der Waals surface area contributed by atoms with Crippen LogP contribution >= 0.6 is 11.6 Å². The molecule has 174 valence electrons. The van der Waals surface area contributed by atoms with Gasteiger partial charge in [-0.25, -0.2) is 4.90 Å². The molecule has 0 radical (unpaired) electrons. The Balaban J connectivity index is 1.17. The van der Waals surface area contributed by atoms with E-state index in [1.54, 1.807) is 48.5 Å². The van der Waals surface area contributed by atoms with E-state index >= 15 is 0 Å². The Hall–Kier alpha value is -3.19. The maximum absolute atomic E-state index is 13.1. The molecule has 7 nitrogen and oxygen atoms in total. The van der Waals surface area contributed by atoms with Gasteiger partial charge in [-0.1, -0.05) is 29.8 Å². The average Bonchev–Trinajstić information content (AvgIpc) is 3.58. The molecule has 2 aromatic carbocycles. The normalized spacial score (nSPS) is 29.8. The second-order valence-electron chi connectivity index (χ2n) is 9.67. The average molecular weight is 479 g/mol. The molecule has 2 aliphatic carbocycles. The minimum atomic E-state index is -0.641. The number of para-hydroxylation sites is 1. The number of ether oxygens (including phenoxy) is 1. The molecule has 3 amide bonds. The van der Waals surface area contributed by atoms with Crippen LogP contribution in [0.4, 0.5) is 11.4 Å². The van der Waals surface area contributed by atoms with Crippen LogP contribution in [-0.2, 0) is 19.2 Å². The summed E-state index contributed by atoms with van der Waals surface area (Å²) in [6.45, 7) is 0.177. The van der Waals surface area contributed by atoms with Crippen molar-refractivity contribution < 1.29 is 23.9 Å². The van der Waals surface area contributed by atoms with E-state index < -0.39 is 11.9 Å². The number of rotatable bonds is 4. The van der Waals surface area contributed by atoms with Gasteiger partial charge in [0.15, 0.2) is 0 Å². The topological polar surface area (TPSA) is 84.0 Å². The maximum Gasteiger partial charge on any atom is 0.316 e. The van der Waals surface area contributed by atoms with E-state index in [0.29, 0.717) is 28.2 Å². The van der Waals surface area contributed by atoms with Gasteiger partial charge in [0, 0.05) is 19.0 Å². The number of esters is 1. The van der Waals surface area contributed by atoms with Crippen LogP contribution < -0.4 is 14.5 Å². The highest BCUT2D eigenvalue weighted by Crippen LogP contribution is 2.56. The van der Waals surface area contributed by atoms with E-state index in [0.717, 1.165) is 19.3 Å². The number of amides is 3. The summed E-state index contributed by atoms with van der Waals surface area (Å²) in [7, 11) is 0. The predicted octanol–water partition coefficient (Wildman–Crippen LogP) is 3.83. The van der Waals surface area contributed by atoms with Gasteiger partial charge in [0.05, 0.1) is 34.2 Å². The van der Waals surface area contributed by atoms with Crippen LogP contribution in [0.15, 0.2) is 48.5 Å². The minimum absolute atomic E-state index is 0.0268. The number of hydrogen-bond donors (Lipinski definition) is 0. The predicted molar refractivity (Wildman–Crippen MR) is 124 cm³/mol. The lowest BCUT2D eigenvalue weighted by Gasteiger charge is -2.19. The molecular weight excluding hydrogens is 456 g/mol. The smallest absolute Gasteiger partial charge is 0.316 e. The highest BCUT2D eigenvalue weighted by molar-refractivity contribution is 6.34. The summed E-state index contributed by atoms with van der Waals surface area (Å²) in [5.74, 6) is -1.21. The second kappa shape index (κ2) is 7.94. The largest absolute Gasteiger partial charge is 0.426 e. The number of benzene rings is 2. The summed E-state index contributed by atoms with van der Waals surface area (Å²) < 4.78 is 5.58. The van der Waals surface area contributed by atoms with Crippen molar-refractivity contribution in [1.82, 2.24) is 0 Å². The monoisotopic (exact) mass is 478 g/mol. The van der Waals surface area contributed by atoms with Gasteiger partial charge in [-0.2, -0.15) is 0 Å². The van der Waals surface area contributed by atoms with Gasteiger partial charge in [-0.05, 0) is 55.4 Å². The van der Waals surface area contributed by atoms with Crippen molar-refractivity contribution in [3.63, 3.8) is 0 Å². The molecule has 2 saturated carbocycles. The number of carbonyl (C=O) groups is 4. The van der Waals surface area contributed by atoms with Gasteiger partial charge in [-0.15, -0.1) is 0 Å². The van der Waals surface area contributed by atoms with Crippen molar-refractivity contribution in [3.05, 3.63) is 53.6 Å². The summed E-state index contributed by atoms with van der Waals surface area (Å²) in [6, 6.07) is 13.5. The number of anilines is 2. The Morgan fingerprint density at radius 1 is 0.941 bits per heavy atom. The van der Waals surface area contributed by atoms with E-state index in [4.69, 9.17) is 16.3 Å². The number of imide groups is 1. The lowest BCUT2D eigenvalue weighted by molar-refractivity contribution is -0.139. The Kier molecular flexibility index (Phi) is 4.99. The fourth-order valence-corrected chi connectivity index (χ4v) is 6.56. The molecule has 6 rings (SSSR count). The van der Waals surface area contributed by atoms with Crippen LogP contribution in [0, 0.1) is 29.6 Å². The van der Waals surface area contributed by atoms with Crippen molar-refractivity contribution in [3.8, 4) is 5.75 Å². The molecule has 2 heterocycles. The summed E-state index contributed by atoms with van der Waals surface area (Å²) >= 11 is 6.22. The molecule has 0 unspecified atom stereocenters. The van der Waals surface area contributed by atoms with Gasteiger partial charge in [0.1, 0.15) is 5.75 Å². The molecule has 2 bridgehead atoms. The quantitative estimate of drug-likeness (QED) is 0.379. The Labute approximate surface area is 201 Å². The molecule has 2 saturated heterocycles. The third-order valence-electron chi connectivity index (χ3n) is 7.82. The number of hydrogen-bond acceptors (Lipinski definition) is 5. The van der Waals surface area contributed by atoms with Gasteiger partial charge in [0.2, 0.25) is 17.7 Å². The first-order valence-electron chi connectivity index (χ1n) is 11.7. The van der Waals surface area contributed by atoms with Crippen LogP contribution in [0.25, 0.3) is 0 Å². The highest BCUT2D eigenvalue weighted by Gasteiger charge is 2.61. The van der Waals surface area contributed by atoms with E-state index in [9.17, 15) is 19.2 Å². The molecule has 0 N–H and O–H groups in total. The zero-order chi connectivity index (χ0) is 23.6. The number of fused-ring (bicyclic) bond motifs is 5. The maximum atomic E-state index is 13.1. The zero-order valence-corrected chi connectivity index (χ0v) is 19.1. The van der Waals surface area contributed by atoms with E-state index in [1.165, 1.54) is 9.80 Å². The van der Waals surface area contributed by atoms with Crippen molar-refractivity contribution in [2.45, 2.75) is 25.7 Å². The van der Waals surface area contributed by atoms with Crippen molar-refractivity contribution in [1.29, 1.82) is 0 Å². The van der Waals surface area contributed by atoms with Crippen LogP contribution in [-0.4, -0.2) is 30.2 Å². The van der Waals surface area contributed by atoms with Crippen LogP contribution in [0.2, 0.25) is 5.02 Å². The minimum Gasteiger partial charge on any atom is -0.426 e.